The minimum Gasteiger partial charge on any atom is -0.351 e. The summed E-state index contributed by atoms with van der Waals surface area (Å²) in [7, 11) is 0. The lowest BCUT2D eigenvalue weighted by Gasteiger charge is -2.18. The second kappa shape index (κ2) is 9.21. The molecule has 172 valence electrons. The Labute approximate surface area is 211 Å². The predicted octanol–water partition coefficient (Wildman–Crippen LogP) is 7.02. The van der Waals surface area contributed by atoms with E-state index in [1.54, 1.807) is 11.8 Å². The molecule has 0 amide bonds. The molecule has 0 saturated carbocycles. The average molecular weight is 506 g/mol. The van der Waals surface area contributed by atoms with Crippen molar-refractivity contribution in [1.29, 1.82) is 0 Å². The molecule has 8 heteroatoms. The Bertz CT molecular complexity index is 1460. The quantitative estimate of drug-likeness (QED) is 0.251. The third kappa shape index (κ3) is 4.17. The van der Waals surface area contributed by atoms with Gasteiger partial charge in [0.2, 0.25) is 5.95 Å². The van der Waals surface area contributed by atoms with Gasteiger partial charge in [0.05, 0.1) is 5.39 Å². The van der Waals surface area contributed by atoms with Crippen LogP contribution in [0.1, 0.15) is 34.9 Å². The summed E-state index contributed by atoms with van der Waals surface area (Å²) < 4.78 is 2.11. The summed E-state index contributed by atoms with van der Waals surface area (Å²) in [6.07, 6.45) is 3.45. The largest absolute Gasteiger partial charge is 0.351 e. The van der Waals surface area contributed by atoms with E-state index in [9.17, 15) is 0 Å². The molecule has 0 fully saturated rings. The summed E-state index contributed by atoms with van der Waals surface area (Å²) in [4.78, 5) is 7.63. The predicted molar refractivity (Wildman–Crippen MR) is 142 cm³/mol. The Morgan fingerprint density at radius 2 is 1.91 bits per heavy atom. The highest BCUT2D eigenvalue weighted by atomic mass is 35.5. The van der Waals surface area contributed by atoms with E-state index in [-0.39, 0.29) is 0 Å². The van der Waals surface area contributed by atoms with Crippen LogP contribution >= 0.6 is 34.7 Å². The maximum atomic E-state index is 6.06. The number of aryl methyl sites for hydroxylation is 1. The molecule has 0 saturated heterocycles. The standard InChI is InChI=1S/C26H24ClN5S2/c1-16-7-12-21-20(13-16)22-23-30-31-26(33-15-18-8-10-19(27)11-9-18)32(23)25(29-24(22)34-21)28-14-17-5-3-2-4-6-17/h2-6,8-11,16H,7,12-15H2,1H3,(H,28,29)/t16-/m0/s1. The van der Waals surface area contributed by atoms with Crippen LogP contribution in [0.25, 0.3) is 15.9 Å². The van der Waals surface area contributed by atoms with Gasteiger partial charge in [0.1, 0.15) is 4.83 Å². The van der Waals surface area contributed by atoms with E-state index in [0.29, 0.717) is 12.5 Å². The van der Waals surface area contributed by atoms with Crippen LogP contribution in [-0.4, -0.2) is 19.6 Å². The van der Waals surface area contributed by atoms with Crippen LogP contribution in [0.4, 0.5) is 5.95 Å². The fourth-order valence-electron chi connectivity index (χ4n) is 4.54. The zero-order valence-electron chi connectivity index (χ0n) is 18.8. The Hall–Kier alpha value is -2.61. The molecule has 34 heavy (non-hydrogen) atoms. The summed E-state index contributed by atoms with van der Waals surface area (Å²) in [6.45, 7) is 3.03. The first-order valence-corrected chi connectivity index (χ1v) is 13.7. The highest BCUT2D eigenvalue weighted by Crippen LogP contribution is 2.40. The van der Waals surface area contributed by atoms with Gasteiger partial charge in [-0.15, -0.1) is 21.5 Å². The highest BCUT2D eigenvalue weighted by molar-refractivity contribution is 7.98. The molecule has 5 nitrogen and oxygen atoms in total. The van der Waals surface area contributed by atoms with Crippen LogP contribution in [0.5, 0.6) is 0 Å². The zero-order valence-corrected chi connectivity index (χ0v) is 21.2. The van der Waals surface area contributed by atoms with Gasteiger partial charge in [0.25, 0.3) is 0 Å². The normalized spacial score (nSPS) is 15.6. The van der Waals surface area contributed by atoms with Crippen LogP contribution < -0.4 is 5.32 Å². The Kier molecular flexibility index (Phi) is 5.93. The fourth-order valence-corrected chi connectivity index (χ4v) is 6.76. The van der Waals surface area contributed by atoms with Crippen molar-refractivity contribution in [2.45, 2.75) is 43.6 Å². The monoisotopic (exact) mass is 505 g/mol. The van der Waals surface area contributed by atoms with Crippen molar-refractivity contribution in [2.75, 3.05) is 5.32 Å². The molecule has 0 spiro atoms. The second-order valence-corrected chi connectivity index (χ2v) is 11.3. The maximum Gasteiger partial charge on any atom is 0.212 e. The molecule has 1 aliphatic rings. The minimum absolute atomic E-state index is 0.683. The first-order valence-electron chi connectivity index (χ1n) is 11.5. The number of nitrogens with zero attached hydrogens (tertiary/aromatic N) is 4. The summed E-state index contributed by atoms with van der Waals surface area (Å²) >= 11 is 9.55. The van der Waals surface area contributed by atoms with Crippen molar-refractivity contribution in [3.05, 3.63) is 81.2 Å². The summed E-state index contributed by atoms with van der Waals surface area (Å²) in [5.41, 5.74) is 4.74. The van der Waals surface area contributed by atoms with Crippen molar-refractivity contribution in [3.63, 3.8) is 0 Å². The molecule has 0 radical (unpaired) electrons. The lowest BCUT2D eigenvalue weighted by atomic mass is 9.89. The topological polar surface area (TPSA) is 55.1 Å². The SMILES string of the molecule is C[C@H]1CCc2sc3nc(NCc4ccccc4)n4c(SCc5ccc(Cl)cc5)nnc4c3c2C1. The molecule has 1 N–H and O–H groups in total. The van der Waals surface area contributed by atoms with Crippen LogP contribution in [-0.2, 0) is 25.1 Å². The summed E-state index contributed by atoms with van der Waals surface area (Å²) in [6, 6.07) is 18.4. The number of hydrogen-bond acceptors (Lipinski definition) is 6. The molecule has 3 heterocycles. The van der Waals surface area contributed by atoms with Gasteiger partial charge >= 0.3 is 0 Å². The van der Waals surface area contributed by atoms with Crippen LogP contribution in [0.3, 0.4) is 0 Å². The Morgan fingerprint density at radius 1 is 1.09 bits per heavy atom. The molecular weight excluding hydrogens is 482 g/mol. The van der Waals surface area contributed by atoms with Gasteiger partial charge in [-0.2, -0.15) is 0 Å². The number of aromatic nitrogens is 4. The highest BCUT2D eigenvalue weighted by Gasteiger charge is 2.25. The number of thiophene rings is 1. The molecular formula is C26H24ClN5S2. The molecule has 0 unspecified atom stereocenters. The van der Waals surface area contributed by atoms with Gasteiger partial charge in [0.15, 0.2) is 10.8 Å². The number of nitrogens with one attached hydrogen (secondary N) is 1. The Morgan fingerprint density at radius 3 is 2.74 bits per heavy atom. The van der Waals surface area contributed by atoms with Gasteiger partial charge in [-0.25, -0.2) is 9.38 Å². The molecule has 0 aliphatic heterocycles. The minimum atomic E-state index is 0.683. The van der Waals surface area contributed by atoms with Crippen LogP contribution in [0, 0.1) is 5.92 Å². The van der Waals surface area contributed by atoms with Gasteiger partial charge in [-0.3, -0.25) is 0 Å². The molecule has 6 rings (SSSR count). The van der Waals surface area contributed by atoms with Crippen LogP contribution in [0.15, 0.2) is 59.8 Å². The third-order valence-corrected chi connectivity index (χ3v) is 8.78. The van der Waals surface area contributed by atoms with Crippen molar-refractivity contribution >= 4 is 56.5 Å². The van der Waals surface area contributed by atoms with E-state index >= 15 is 0 Å². The van der Waals surface area contributed by atoms with Crippen molar-refractivity contribution in [2.24, 2.45) is 5.92 Å². The number of anilines is 1. The Balaban J connectivity index is 1.43. The van der Waals surface area contributed by atoms with E-state index in [1.807, 2.05) is 29.5 Å². The second-order valence-electron chi connectivity index (χ2n) is 8.86. The zero-order chi connectivity index (χ0) is 23.1. The maximum absolute atomic E-state index is 6.06. The summed E-state index contributed by atoms with van der Waals surface area (Å²) in [5, 5.41) is 15.6. The van der Waals surface area contributed by atoms with E-state index in [1.165, 1.54) is 33.4 Å². The lowest BCUT2D eigenvalue weighted by molar-refractivity contribution is 0.508. The van der Waals surface area contributed by atoms with Gasteiger partial charge in [-0.05, 0) is 54.0 Å². The smallest absolute Gasteiger partial charge is 0.212 e. The number of fused-ring (bicyclic) bond motifs is 5. The first-order chi connectivity index (χ1) is 16.7. The lowest BCUT2D eigenvalue weighted by Crippen LogP contribution is -2.10. The molecule has 1 aliphatic carbocycles. The van der Waals surface area contributed by atoms with Crippen molar-refractivity contribution in [3.8, 4) is 0 Å². The fraction of sp³-hybridized carbons (Fsp3) is 0.269. The molecule has 0 bridgehead atoms. The number of rotatable bonds is 6. The van der Waals surface area contributed by atoms with E-state index in [4.69, 9.17) is 21.7 Å². The average Bonchev–Trinajstić information content (AvgIpc) is 3.44. The molecule has 1 atom stereocenters. The summed E-state index contributed by atoms with van der Waals surface area (Å²) in [5.74, 6) is 2.26. The number of halogens is 1. The van der Waals surface area contributed by atoms with E-state index in [0.717, 1.165) is 45.2 Å². The molecule has 5 aromatic rings. The van der Waals surface area contributed by atoms with Crippen molar-refractivity contribution < 1.29 is 0 Å². The van der Waals surface area contributed by atoms with Crippen LogP contribution in [0.2, 0.25) is 5.02 Å². The van der Waals surface area contributed by atoms with Gasteiger partial charge in [0, 0.05) is 22.2 Å². The first kappa shape index (κ1) is 21.9. The van der Waals surface area contributed by atoms with E-state index in [2.05, 4.69) is 58.1 Å². The van der Waals surface area contributed by atoms with Gasteiger partial charge in [-0.1, -0.05) is 72.8 Å². The number of hydrogen-bond donors (Lipinski definition) is 1. The number of thioether (sulfide) groups is 1. The number of benzene rings is 2. The molecule has 2 aromatic carbocycles. The molecule has 3 aromatic heterocycles. The van der Waals surface area contributed by atoms with E-state index < -0.39 is 0 Å². The third-order valence-electron chi connectivity index (χ3n) is 6.34. The van der Waals surface area contributed by atoms with Crippen molar-refractivity contribution in [1.82, 2.24) is 19.6 Å². The van der Waals surface area contributed by atoms with Gasteiger partial charge < -0.3 is 5.32 Å².